The Morgan fingerprint density at radius 2 is 1.52 bits per heavy atom. The maximum Gasteiger partial charge on any atom is 0.261 e. The van der Waals surface area contributed by atoms with Gasteiger partial charge in [-0.25, -0.2) is 0 Å². The molecule has 4 rings (SSSR count). The summed E-state index contributed by atoms with van der Waals surface area (Å²) in [6, 6.07) is 26.5. The summed E-state index contributed by atoms with van der Waals surface area (Å²) in [7, 11) is -2.61. The van der Waals surface area contributed by atoms with Gasteiger partial charge in [0.2, 0.25) is 5.91 Å². The minimum atomic E-state index is -2.61. The van der Waals surface area contributed by atoms with E-state index in [1.165, 1.54) is 10.4 Å². The molecule has 1 aliphatic rings. The Balaban J connectivity index is 1.58. The van der Waals surface area contributed by atoms with E-state index in [4.69, 9.17) is 4.43 Å². The Bertz CT molecular complexity index is 1050. The zero-order valence-electron chi connectivity index (χ0n) is 19.8. The topological polar surface area (TPSA) is 49.8 Å². The number of amides is 1. The van der Waals surface area contributed by atoms with Gasteiger partial charge in [-0.2, -0.15) is 0 Å². The molecule has 1 aliphatic heterocycles. The van der Waals surface area contributed by atoms with Crippen LogP contribution in [0, 0.1) is 0 Å². The third-order valence-corrected chi connectivity index (χ3v) is 11.7. The monoisotopic (exact) mass is 459 g/mol. The van der Waals surface area contributed by atoms with Crippen molar-refractivity contribution >= 4 is 24.6 Å². The number of phenols is 1. The number of nitrogens with zero attached hydrogens (tertiary/aromatic N) is 1. The molecule has 1 N–H and O–H groups in total. The van der Waals surface area contributed by atoms with Gasteiger partial charge in [-0.05, 0) is 45.1 Å². The van der Waals surface area contributed by atoms with E-state index in [0.29, 0.717) is 26.1 Å². The van der Waals surface area contributed by atoms with Gasteiger partial charge in [0, 0.05) is 13.1 Å². The first-order valence-corrected chi connectivity index (χ1v) is 13.6. The van der Waals surface area contributed by atoms with E-state index in [2.05, 4.69) is 69.3 Å². The maximum atomic E-state index is 13.0. The maximum absolute atomic E-state index is 13.0. The van der Waals surface area contributed by atoms with Gasteiger partial charge in [-0.3, -0.25) is 4.79 Å². The lowest BCUT2D eigenvalue weighted by atomic mass is 10.0. The van der Waals surface area contributed by atoms with E-state index in [-0.39, 0.29) is 16.7 Å². The largest absolute Gasteiger partial charge is 0.508 e. The van der Waals surface area contributed by atoms with Crippen LogP contribution in [0.25, 0.3) is 0 Å². The molecule has 0 aromatic heterocycles. The van der Waals surface area contributed by atoms with E-state index in [1.807, 2.05) is 23.1 Å². The van der Waals surface area contributed by atoms with Crippen LogP contribution in [0.15, 0.2) is 78.9 Å². The molecule has 3 aromatic rings. The van der Waals surface area contributed by atoms with Crippen molar-refractivity contribution in [1.29, 1.82) is 0 Å². The lowest BCUT2D eigenvalue weighted by Crippen LogP contribution is -2.67. The fourth-order valence-corrected chi connectivity index (χ4v) is 9.54. The molecular weight excluding hydrogens is 426 g/mol. The van der Waals surface area contributed by atoms with Crippen molar-refractivity contribution < 1.29 is 14.3 Å². The molecular formula is C28H33NO3Si. The zero-order chi connectivity index (χ0) is 23.5. The number of aromatic hydroxyl groups is 1. The predicted molar refractivity (Wildman–Crippen MR) is 136 cm³/mol. The van der Waals surface area contributed by atoms with Crippen LogP contribution in [0.1, 0.15) is 31.9 Å². The molecule has 3 aromatic carbocycles. The second-order valence-electron chi connectivity index (χ2n) is 9.77. The molecule has 5 heteroatoms. The van der Waals surface area contributed by atoms with E-state index in [9.17, 15) is 9.90 Å². The van der Waals surface area contributed by atoms with E-state index in [1.54, 1.807) is 12.1 Å². The number of benzene rings is 3. The molecule has 1 amide bonds. The van der Waals surface area contributed by atoms with Crippen molar-refractivity contribution in [3.8, 4) is 5.75 Å². The highest BCUT2D eigenvalue weighted by Crippen LogP contribution is 2.36. The first kappa shape index (κ1) is 23.3. The number of carbonyl (C=O) groups excluding carboxylic acids is 1. The minimum Gasteiger partial charge on any atom is -0.508 e. The molecule has 0 radical (unpaired) electrons. The second kappa shape index (κ2) is 9.54. The number of fused-ring (bicyclic) bond motifs is 1. The molecule has 0 saturated heterocycles. The van der Waals surface area contributed by atoms with Crippen LogP contribution in [-0.4, -0.2) is 43.9 Å². The van der Waals surface area contributed by atoms with Crippen LogP contribution in [0.3, 0.4) is 0 Å². The fraction of sp³-hybridized carbons (Fsp3) is 0.321. The molecule has 0 atom stereocenters. The minimum absolute atomic E-state index is 0.0883. The number of hydrogen-bond acceptors (Lipinski definition) is 3. The zero-order valence-corrected chi connectivity index (χ0v) is 20.8. The van der Waals surface area contributed by atoms with Gasteiger partial charge < -0.3 is 14.4 Å². The molecule has 0 unspecified atom stereocenters. The summed E-state index contributed by atoms with van der Waals surface area (Å²) < 4.78 is 6.96. The van der Waals surface area contributed by atoms with Crippen molar-refractivity contribution in [3.63, 3.8) is 0 Å². The van der Waals surface area contributed by atoms with Crippen LogP contribution in [0.2, 0.25) is 5.04 Å². The molecule has 1 heterocycles. The molecule has 0 saturated carbocycles. The Kier molecular flexibility index (Phi) is 6.72. The fourth-order valence-electron chi connectivity index (χ4n) is 4.98. The molecule has 0 spiro atoms. The van der Waals surface area contributed by atoms with Crippen molar-refractivity contribution in [2.45, 2.75) is 38.7 Å². The van der Waals surface area contributed by atoms with Crippen LogP contribution in [0.4, 0.5) is 0 Å². The first-order valence-electron chi connectivity index (χ1n) is 11.6. The Hall–Kier alpha value is -2.89. The van der Waals surface area contributed by atoms with Crippen molar-refractivity contribution in [2.24, 2.45) is 0 Å². The van der Waals surface area contributed by atoms with Crippen LogP contribution in [-0.2, 0) is 22.1 Å². The molecule has 0 fully saturated rings. The van der Waals surface area contributed by atoms with Crippen LogP contribution < -0.4 is 10.4 Å². The van der Waals surface area contributed by atoms with Crippen molar-refractivity contribution in [3.05, 3.63) is 90.0 Å². The highest BCUT2D eigenvalue weighted by Gasteiger charge is 2.50. The lowest BCUT2D eigenvalue weighted by molar-refractivity contribution is -0.130. The summed E-state index contributed by atoms with van der Waals surface area (Å²) in [5.74, 6) is 0.301. The van der Waals surface area contributed by atoms with E-state index >= 15 is 0 Å². The molecule has 4 nitrogen and oxygen atoms in total. The summed E-state index contributed by atoms with van der Waals surface area (Å²) in [4.78, 5) is 14.9. The quantitative estimate of drug-likeness (QED) is 0.569. The summed E-state index contributed by atoms with van der Waals surface area (Å²) in [6.45, 7) is 8.50. The SMILES string of the molecule is CC(C)(C)[Si](OCCN1CCc2ccc(O)cc2CC1=O)(c1ccccc1)c1ccccc1. The van der Waals surface area contributed by atoms with Gasteiger partial charge >= 0.3 is 0 Å². The summed E-state index contributed by atoms with van der Waals surface area (Å²) in [6.07, 6.45) is 1.11. The van der Waals surface area contributed by atoms with Gasteiger partial charge in [0.05, 0.1) is 13.0 Å². The Morgan fingerprint density at radius 1 is 0.909 bits per heavy atom. The predicted octanol–water partition coefficient (Wildman–Crippen LogP) is 3.90. The van der Waals surface area contributed by atoms with Gasteiger partial charge in [-0.15, -0.1) is 0 Å². The normalized spacial score (nSPS) is 14.6. The molecule has 0 aliphatic carbocycles. The highest BCUT2D eigenvalue weighted by atomic mass is 28.4. The summed E-state index contributed by atoms with van der Waals surface area (Å²) >= 11 is 0. The molecule has 33 heavy (non-hydrogen) atoms. The number of carbonyl (C=O) groups is 1. The standard InChI is InChI=1S/C28H33NO3Si/c1-28(2,3)33(25-10-6-4-7-11-25,26-12-8-5-9-13-26)32-19-18-29-17-16-22-14-15-24(30)20-23(22)21-27(29)31/h4-15,20,30H,16-19,21H2,1-3H3. The van der Waals surface area contributed by atoms with Gasteiger partial charge in [0.25, 0.3) is 8.32 Å². The number of phenolic OH excluding ortho intramolecular Hbond substituents is 1. The Labute approximate surface area is 198 Å². The average molecular weight is 460 g/mol. The van der Waals surface area contributed by atoms with Crippen LogP contribution >= 0.6 is 0 Å². The summed E-state index contributed by atoms with van der Waals surface area (Å²) in [5.41, 5.74) is 2.06. The molecule has 0 bridgehead atoms. The van der Waals surface area contributed by atoms with E-state index in [0.717, 1.165) is 17.5 Å². The lowest BCUT2D eigenvalue weighted by Gasteiger charge is -2.43. The van der Waals surface area contributed by atoms with Crippen molar-refractivity contribution in [2.75, 3.05) is 19.7 Å². The first-order chi connectivity index (χ1) is 15.8. The number of rotatable bonds is 6. The van der Waals surface area contributed by atoms with Gasteiger partial charge in [-0.1, -0.05) is 87.5 Å². The van der Waals surface area contributed by atoms with Crippen LogP contribution in [0.5, 0.6) is 5.75 Å². The number of hydrogen-bond donors (Lipinski definition) is 1. The highest BCUT2D eigenvalue weighted by molar-refractivity contribution is 6.99. The summed E-state index contributed by atoms with van der Waals surface area (Å²) in [5, 5.41) is 12.2. The average Bonchev–Trinajstić information content (AvgIpc) is 2.95. The van der Waals surface area contributed by atoms with Gasteiger partial charge in [0.1, 0.15) is 5.75 Å². The second-order valence-corrected chi connectivity index (χ2v) is 14.1. The van der Waals surface area contributed by atoms with Gasteiger partial charge in [0.15, 0.2) is 0 Å². The van der Waals surface area contributed by atoms with Crippen molar-refractivity contribution in [1.82, 2.24) is 4.90 Å². The Morgan fingerprint density at radius 3 is 2.09 bits per heavy atom. The smallest absolute Gasteiger partial charge is 0.261 e. The third-order valence-electron chi connectivity index (χ3n) is 6.63. The van der Waals surface area contributed by atoms with E-state index < -0.39 is 8.32 Å². The molecule has 172 valence electrons. The third kappa shape index (κ3) is 4.75.